The molecule has 29 heavy (non-hydrogen) atoms. The number of rotatable bonds is 5. The number of anilines is 1. The van der Waals surface area contributed by atoms with Crippen molar-refractivity contribution in [3.8, 4) is 0 Å². The molecule has 1 aliphatic heterocycles. The second-order valence-electron chi connectivity index (χ2n) is 7.66. The van der Waals surface area contributed by atoms with Gasteiger partial charge in [-0.1, -0.05) is 72.3 Å². The number of aryl methyl sites for hydroxylation is 2. The van der Waals surface area contributed by atoms with Gasteiger partial charge in [-0.05, 0) is 31.0 Å². The maximum Gasteiger partial charge on any atom is 0.264 e. The molecule has 0 fully saturated rings. The highest BCUT2D eigenvalue weighted by atomic mass is 16.3. The van der Waals surface area contributed by atoms with Crippen LogP contribution in [0, 0.1) is 13.8 Å². The van der Waals surface area contributed by atoms with Crippen LogP contribution in [0.3, 0.4) is 0 Å². The predicted molar refractivity (Wildman–Crippen MR) is 113 cm³/mol. The lowest BCUT2D eigenvalue weighted by atomic mass is 9.88. The molecule has 0 saturated carbocycles. The van der Waals surface area contributed by atoms with Crippen LogP contribution < -0.4 is 4.90 Å². The molecule has 1 amide bonds. The summed E-state index contributed by atoms with van der Waals surface area (Å²) in [6.45, 7) is 4.39. The normalized spacial score (nSPS) is 18.0. The molecule has 1 heterocycles. The topological polar surface area (TPSA) is 57.6 Å². The van der Waals surface area contributed by atoms with Crippen LogP contribution in [0.2, 0.25) is 0 Å². The van der Waals surface area contributed by atoms with E-state index in [2.05, 4.69) is 6.07 Å². The van der Waals surface area contributed by atoms with Crippen molar-refractivity contribution in [3.05, 3.63) is 101 Å². The van der Waals surface area contributed by atoms with Crippen molar-refractivity contribution in [2.45, 2.75) is 32.4 Å². The highest BCUT2D eigenvalue weighted by Crippen LogP contribution is 2.43. The molecule has 1 N–H and O–H groups in total. The molecule has 4 rings (SSSR count). The Morgan fingerprint density at radius 3 is 2.38 bits per heavy atom. The highest BCUT2D eigenvalue weighted by Gasteiger charge is 2.50. The van der Waals surface area contributed by atoms with Gasteiger partial charge >= 0.3 is 0 Å². The van der Waals surface area contributed by atoms with Crippen molar-refractivity contribution < 1.29 is 14.7 Å². The van der Waals surface area contributed by atoms with Crippen molar-refractivity contribution >= 4 is 17.4 Å². The number of Topliss-reactive ketones (excluding diaryl/α,β-unsaturated/α-hetero) is 1. The molecule has 3 aromatic rings. The van der Waals surface area contributed by atoms with E-state index in [0.29, 0.717) is 23.4 Å². The molecule has 0 radical (unpaired) electrons. The number of fused-ring (bicyclic) bond motifs is 1. The lowest BCUT2D eigenvalue weighted by Gasteiger charge is -2.23. The average Bonchev–Trinajstić information content (AvgIpc) is 2.92. The largest absolute Gasteiger partial charge is 0.375 e. The van der Waals surface area contributed by atoms with Crippen LogP contribution in [-0.2, 0) is 16.9 Å². The number of hydrogen-bond donors (Lipinski definition) is 1. The first-order chi connectivity index (χ1) is 13.9. The van der Waals surface area contributed by atoms with Gasteiger partial charge in [-0.2, -0.15) is 0 Å². The van der Waals surface area contributed by atoms with Crippen LogP contribution in [0.5, 0.6) is 0 Å². The van der Waals surface area contributed by atoms with E-state index < -0.39 is 11.5 Å². The maximum absolute atomic E-state index is 13.4. The number of benzene rings is 3. The predicted octanol–water partition coefficient (Wildman–Crippen LogP) is 4.31. The summed E-state index contributed by atoms with van der Waals surface area (Å²) in [5, 5.41) is 11.4. The van der Waals surface area contributed by atoms with E-state index in [1.54, 1.807) is 41.3 Å². The molecule has 4 nitrogen and oxygen atoms in total. The Bertz CT molecular complexity index is 1090. The third kappa shape index (κ3) is 3.36. The summed E-state index contributed by atoms with van der Waals surface area (Å²) in [6.07, 6.45) is -0.282. The minimum Gasteiger partial charge on any atom is -0.375 e. The lowest BCUT2D eigenvalue weighted by Crippen LogP contribution is -2.41. The second-order valence-corrected chi connectivity index (χ2v) is 7.66. The SMILES string of the molecule is Cc1ccc(CN2C(=O)C(O)(CC(=O)c3ccccc3)c3ccccc32)c(C)c1. The smallest absolute Gasteiger partial charge is 0.264 e. The molecule has 3 aromatic carbocycles. The second kappa shape index (κ2) is 7.30. The Morgan fingerprint density at radius 2 is 1.66 bits per heavy atom. The minimum atomic E-state index is -1.86. The molecule has 146 valence electrons. The highest BCUT2D eigenvalue weighted by molar-refractivity contribution is 6.10. The van der Waals surface area contributed by atoms with E-state index in [1.807, 2.05) is 44.2 Å². The summed E-state index contributed by atoms with van der Waals surface area (Å²) < 4.78 is 0. The first kappa shape index (κ1) is 19.1. The van der Waals surface area contributed by atoms with Gasteiger partial charge in [0.1, 0.15) is 0 Å². The molecule has 1 aliphatic rings. The molecule has 1 atom stereocenters. The Kier molecular flexibility index (Phi) is 4.81. The number of carbonyl (C=O) groups is 2. The van der Waals surface area contributed by atoms with Crippen LogP contribution >= 0.6 is 0 Å². The Hall–Kier alpha value is -3.24. The number of carbonyl (C=O) groups excluding carboxylic acids is 2. The third-order valence-corrected chi connectivity index (χ3v) is 5.58. The number of ketones is 1. The number of amides is 1. The van der Waals surface area contributed by atoms with Gasteiger partial charge in [0, 0.05) is 11.1 Å². The fourth-order valence-electron chi connectivity index (χ4n) is 3.99. The zero-order valence-corrected chi connectivity index (χ0v) is 16.6. The van der Waals surface area contributed by atoms with Gasteiger partial charge in [0.15, 0.2) is 11.4 Å². The van der Waals surface area contributed by atoms with Crippen molar-refractivity contribution in [1.29, 1.82) is 0 Å². The zero-order valence-electron chi connectivity index (χ0n) is 16.6. The number of aliphatic hydroxyl groups is 1. The van der Waals surface area contributed by atoms with Crippen molar-refractivity contribution in [2.75, 3.05) is 4.90 Å². The van der Waals surface area contributed by atoms with Crippen LogP contribution in [-0.4, -0.2) is 16.8 Å². The third-order valence-electron chi connectivity index (χ3n) is 5.58. The maximum atomic E-state index is 13.4. The van der Waals surface area contributed by atoms with E-state index >= 15 is 0 Å². The summed E-state index contributed by atoms with van der Waals surface area (Å²) >= 11 is 0. The van der Waals surface area contributed by atoms with Crippen molar-refractivity contribution in [2.24, 2.45) is 0 Å². The summed E-state index contributed by atoms with van der Waals surface area (Å²) in [7, 11) is 0. The molecular weight excluding hydrogens is 362 g/mol. The van der Waals surface area contributed by atoms with Crippen LogP contribution in [0.1, 0.15) is 39.0 Å². The molecule has 0 saturated heterocycles. The summed E-state index contributed by atoms with van der Waals surface area (Å²) in [4.78, 5) is 27.7. The minimum absolute atomic E-state index is 0.260. The van der Waals surface area contributed by atoms with E-state index in [9.17, 15) is 14.7 Å². The molecule has 0 bridgehead atoms. The van der Waals surface area contributed by atoms with Crippen LogP contribution in [0.4, 0.5) is 5.69 Å². The molecule has 0 aliphatic carbocycles. The molecule has 4 heteroatoms. The van der Waals surface area contributed by atoms with E-state index in [0.717, 1.165) is 16.7 Å². The van der Waals surface area contributed by atoms with Crippen LogP contribution in [0.25, 0.3) is 0 Å². The van der Waals surface area contributed by atoms with E-state index in [1.165, 1.54) is 0 Å². The number of hydrogen-bond acceptors (Lipinski definition) is 3. The summed E-state index contributed by atoms with van der Waals surface area (Å²) in [5.41, 5.74) is 3.02. The van der Waals surface area contributed by atoms with Gasteiger partial charge in [0.05, 0.1) is 18.7 Å². The molecule has 0 aromatic heterocycles. The molecule has 1 unspecified atom stereocenters. The van der Waals surface area contributed by atoms with Crippen molar-refractivity contribution in [1.82, 2.24) is 0 Å². The van der Waals surface area contributed by atoms with Crippen molar-refractivity contribution in [3.63, 3.8) is 0 Å². The van der Waals surface area contributed by atoms with Gasteiger partial charge < -0.3 is 10.0 Å². The molecular formula is C25H23NO3. The van der Waals surface area contributed by atoms with Gasteiger partial charge in [0.2, 0.25) is 0 Å². The summed E-state index contributed by atoms with van der Waals surface area (Å²) in [6, 6.07) is 22.0. The van der Waals surface area contributed by atoms with E-state index in [4.69, 9.17) is 0 Å². The number of nitrogens with zero attached hydrogens (tertiary/aromatic N) is 1. The average molecular weight is 385 g/mol. The fraction of sp³-hybridized carbons (Fsp3) is 0.200. The fourth-order valence-corrected chi connectivity index (χ4v) is 3.99. The number of para-hydroxylation sites is 1. The quantitative estimate of drug-likeness (QED) is 0.666. The standard InChI is InChI=1S/C25H23NO3/c1-17-12-13-20(18(2)14-17)16-26-22-11-7-6-10-21(22)25(29,24(26)28)15-23(27)19-8-4-3-5-9-19/h3-14,29H,15-16H2,1-2H3. The Balaban J connectivity index is 1.69. The Labute approximate surface area is 170 Å². The molecule has 0 spiro atoms. The van der Waals surface area contributed by atoms with Gasteiger partial charge in [-0.15, -0.1) is 0 Å². The first-order valence-corrected chi connectivity index (χ1v) is 9.68. The first-order valence-electron chi connectivity index (χ1n) is 9.68. The van der Waals surface area contributed by atoms with Gasteiger partial charge in [-0.3, -0.25) is 9.59 Å². The monoisotopic (exact) mass is 385 g/mol. The Morgan fingerprint density at radius 1 is 0.966 bits per heavy atom. The van der Waals surface area contributed by atoms with Gasteiger partial charge in [-0.25, -0.2) is 0 Å². The van der Waals surface area contributed by atoms with Gasteiger partial charge in [0.25, 0.3) is 5.91 Å². The van der Waals surface area contributed by atoms with Crippen LogP contribution in [0.15, 0.2) is 72.8 Å². The zero-order chi connectivity index (χ0) is 20.6. The summed E-state index contributed by atoms with van der Waals surface area (Å²) in [5.74, 6) is -0.715. The lowest BCUT2D eigenvalue weighted by molar-refractivity contribution is -0.136. The van der Waals surface area contributed by atoms with E-state index in [-0.39, 0.29) is 12.2 Å².